The molecule has 0 saturated heterocycles. The van der Waals surface area contributed by atoms with Crippen molar-refractivity contribution >= 4 is 17.8 Å². The summed E-state index contributed by atoms with van der Waals surface area (Å²) in [6, 6.07) is 4.25. The molecule has 2 aliphatic heterocycles. The zero-order valence-corrected chi connectivity index (χ0v) is 21.0. The lowest BCUT2D eigenvalue weighted by Crippen LogP contribution is -2.45. The summed E-state index contributed by atoms with van der Waals surface area (Å²) in [6.45, 7) is 6.47. The Morgan fingerprint density at radius 2 is 1.82 bits per heavy atom. The normalized spacial score (nSPS) is 18.4. The van der Waals surface area contributed by atoms with Crippen LogP contribution < -0.4 is 5.32 Å². The van der Waals surface area contributed by atoms with Crippen LogP contribution in [0.3, 0.4) is 0 Å². The number of halogens is 3. The molecule has 2 aliphatic rings. The van der Waals surface area contributed by atoms with Crippen LogP contribution in [0.2, 0.25) is 0 Å². The van der Waals surface area contributed by atoms with Gasteiger partial charge in [0.1, 0.15) is 17.9 Å². The first-order chi connectivity index (χ1) is 17.7. The number of hydrogen-bond acceptors (Lipinski definition) is 6. The number of rotatable bonds is 9. The van der Waals surface area contributed by atoms with Crippen LogP contribution in [-0.2, 0) is 27.1 Å². The molecule has 2 amide bonds. The predicted octanol–water partition coefficient (Wildman–Crippen LogP) is 2.94. The molecule has 1 aromatic carbocycles. The third-order valence-electron chi connectivity index (χ3n) is 6.50. The Bertz CT molecular complexity index is 1190. The van der Waals surface area contributed by atoms with E-state index < -0.39 is 47.7 Å². The second kappa shape index (κ2) is 11.3. The highest BCUT2D eigenvalue weighted by molar-refractivity contribution is 5.97. The second-order valence-corrected chi connectivity index (χ2v) is 9.55. The molecule has 0 fully saturated rings. The molecule has 2 heterocycles. The molecule has 0 spiro atoms. The molecule has 0 aliphatic carbocycles. The molecule has 0 saturated carbocycles. The number of carbonyl (C=O) groups is 3. The summed E-state index contributed by atoms with van der Waals surface area (Å²) in [5.74, 6) is -3.52. The molecule has 0 radical (unpaired) electrons. The summed E-state index contributed by atoms with van der Waals surface area (Å²) in [5.41, 5.74) is 0.463. The SMILES string of the molecule is C=C(C)CC[C@H](C)C(=O)N1CC2=C(C1)N(Cc1ccc(C(F)(F)F)cc1)C(O)C(C(=O)NCC(=O)O)=C2O. The second-order valence-electron chi connectivity index (χ2n) is 9.55. The van der Waals surface area contributed by atoms with Crippen LogP contribution in [0.1, 0.15) is 37.8 Å². The van der Waals surface area contributed by atoms with Gasteiger partial charge in [-0.05, 0) is 37.5 Å². The Kier molecular flexibility index (Phi) is 8.55. The van der Waals surface area contributed by atoms with Crippen molar-refractivity contribution in [2.24, 2.45) is 5.92 Å². The summed E-state index contributed by atoms with van der Waals surface area (Å²) in [5, 5.41) is 33.0. The van der Waals surface area contributed by atoms with Gasteiger partial charge in [-0.3, -0.25) is 14.4 Å². The van der Waals surface area contributed by atoms with Crippen molar-refractivity contribution in [1.29, 1.82) is 0 Å². The smallest absolute Gasteiger partial charge is 0.416 e. The molecule has 0 aromatic heterocycles. The van der Waals surface area contributed by atoms with Crippen LogP contribution in [-0.4, -0.2) is 68.8 Å². The van der Waals surface area contributed by atoms with Crippen molar-refractivity contribution in [3.8, 4) is 0 Å². The van der Waals surface area contributed by atoms with Crippen molar-refractivity contribution in [2.75, 3.05) is 19.6 Å². The average molecular weight is 538 g/mol. The lowest BCUT2D eigenvalue weighted by Gasteiger charge is -2.36. The van der Waals surface area contributed by atoms with E-state index in [0.29, 0.717) is 24.1 Å². The van der Waals surface area contributed by atoms with Crippen molar-refractivity contribution in [1.82, 2.24) is 15.1 Å². The van der Waals surface area contributed by atoms with Gasteiger partial charge in [0.15, 0.2) is 6.23 Å². The van der Waals surface area contributed by atoms with E-state index in [0.717, 1.165) is 17.7 Å². The molecule has 2 atom stereocenters. The molecule has 12 heteroatoms. The number of nitrogens with one attached hydrogen (secondary N) is 1. The van der Waals surface area contributed by atoms with E-state index >= 15 is 0 Å². The molecular formula is C26H30F3N3O6. The molecule has 1 unspecified atom stereocenters. The number of benzene rings is 1. The molecule has 1 aromatic rings. The van der Waals surface area contributed by atoms with E-state index in [4.69, 9.17) is 5.11 Å². The fourth-order valence-corrected chi connectivity index (χ4v) is 4.39. The lowest BCUT2D eigenvalue weighted by atomic mass is 9.98. The highest BCUT2D eigenvalue weighted by Gasteiger charge is 2.42. The fourth-order valence-electron chi connectivity index (χ4n) is 4.39. The van der Waals surface area contributed by atoms with Crippen LogP contribution >= 0.6 is 0 Å². The van der Waals surface area contributed by atoms with Gasteiger partial charge in [-0.1, -0.05) is 24.6 Å². The van der Waals surface area contributed by atoms with E-state index in [1.165, 1.54) is 21.9 Å². The van der Waals surface area contributed by atoms with Crippen LogP contribution in [0, 0.1) is 5.92 Å². The number of carboxylic acid groups (broad SMARTS) is 1. The minimum atomic E-state index is -4.53. The summed E-state index contributed by atoms with van der Waals surface area (Å²) in [4.78, 5) is 39.5. The Morgan fingerprint density at radius 1 is 1.18 bits per heavy atom. The number of hydrogen-bond donors (Lipinski definition) is 4. The Labute approximate surface area is 217 Å². The molecule has 38 heavy (non-hydrogen) atoms. The summed E-state index contributed by atoms with van der Waals surface area (Å²) in [7, 11) is 0. The molecule has 4 N–H and O–H groups in total. The maximum absolute atomic E-state index is 13.1. The van der Waals surface area contributed by atoms with Crippen LogP contribution in [0.5, 0.6) is 0 Å². The quantitative estimate of drug-likeness (QED) is 0.357. The molecule has 9 nitrogen and oxygen atoms in total. The number of amides is 2. The highest BCUT2D eigenvalue weighted by atomic mass is 19.4. The Balaban J connectivity index is 1.92. The van der Waals surface area contributed by atoms with Crippen molar-refractivity contribution in [3.05, 3.63) is 70.1 Å². The van der Waals surface area contributed by atoms with Gasteiger partial charge in [0.2, 0.25) is 5.91 Å². The number of allylic oxidation sites excluding steroid dienone is 1. The predicted molar refractivity (Wildman–Crippen MR) is 130 cm³/mol. The van der Waals surface area contributed by atoms with Crippen LogP contribution in [0.25, 0.3) is 0 Å². The number of nitrogens with zero attached hydrogens (tertiary/aromatic N) is 2. The molecule has 3 rings (SSSR count). The number of carboxylic acids is 1. The number of aliphatic carboxylic acids is 1. The minimum absolute atomic E-state index is 0.00262. The fraction of sp³-hybridized carbons (Fsp3) is 0.423. The molecule has 206 valence electrons. The van der Waals surface area contributed by atoms with Gasteiger partial charge in [-0.2, -0.15) is 13.2 Å². The van der Waals surface area contributed by atoms with Gasteiger partial charge in [0.25, 0.3) is 5.91 Å². The molecular weight excluding hydrogens is 507 g/mol. The van der Waals surface area contributed by atoms with E-state index in [1.54, 1.807) is 6.92 Å². The van der Waals surface area contributed by atoms with Crippen molar-refractivity contribution in [3.63, 3.8) is 0 Å². The standard InChI is InChI=1S/C26H30F3N3O6/c1-14(2)4-5-15(3)24(37)31-12-18-19(13-31)32(11-16-6-8-17(9-7-16)26(27,28)29)25(38)21(22(18)35)23(36)30-10-20(33)34/h6-9,15,25,35,38H,1,4-5,10-13H2,2-3H3,(H,30,36)(H,33,34)/t15-,25?/m0/s1. The van der Waals surface area contributed by atoms with E-state index in [1.807, 2.05) is 6.92 Å². The summed E-state index contributed by atoms with van der Waals surface area (Å²) < 4.78 is 39.0. The minimum Gasteiger partial charge on any atom is -0.507 e. The zero-order chi connectivity index (χ0) is 28.4. The first-order valence-electron chi connectivity index (χ1n) is 11.9. The van der Waals surface area contributed by atoms with Gasteiger partial charge < -0.3 is 30.4 Å². The lowest BCUT2D eigenvalue weighted by molar-refractivity contribution is -0.138. The third-order valence-corrected chi connectivity index (χ3v) is 6.50. The first-order valence-corrected chi connectivity index (χ1v) is 11.9. The zero-order valence-electron chi connectivity index (χ0n) is 21.0. The third kappa shape index (κ3) is 6.36. The monoisotopic (exact) mass is 537 g/mol. The topological polar surface area (TPSA) is 130 Å². The van der Waals surface area contributed by atoms with Gasteiger partial charge in [0, 0.05) is 23.7 Å². The Morgan fingerprint density at radius 3 is 2.37 bits per heavy atom. The van der Waals surface area contributed by atoms with Crippen LogP contribution in [0.4, 0.5) is 13.2 Å². The highest BCUT2D eigenvalue weighted by Crippen LogP contribution is 2.37. The number of carbonyl (C=O) groups excluding carboxylic acids is 2. The first kappa shape index (κ1) is 28.8. The maximum atomic E-state index is 13.1. The largest absolute Gasteiger partial charge is 0.507 e. The number of aliphatic hydroxyl groups is 2. The number of aliphatic hydroxyl groups excluding tert-OH is 2. The summed E-state index contributed by atoms with van der Waals surface area (Å²) >= 11 is 0. The van der Waals surface area contributed by atoms with Crippen molar-refractivity contribution in [2.45, 2.75) is 45.6 Å². The van der Waals surface area contributed by atoms with E-state index in [-0.39, 0.29) is 37.0 Å². The Hall–Kier alpha value is -3.80. The van der Waals surface area contributed by atoms with E-state index in [9.17, 15) is 37.8 Å². The van der Waals surface area contributed by atoms with Gasteiger partial charge in [0.05, 0.1) is 18.7 Å². The van der Waals surface area contributed by atoms with Gasteiger partial charge in [-0.15, -0.1) is 6.58 Å². The number of alkyl halides is 3. The van der Waals surface area contributed by atoms with E-state index in [2.05, 4.69) is 11.9 Å². The molecule has 0 bridgehead atoms. The van der Waals surface area contributed by atoms with Gasteiger partial charge in [-0.25, -0.2) is 0 Å². The average Bonchev–Trinajstić information content (AvgIpc) is 3.29. The van der Waals surface area contributed by atoms with Crippen molar-refractivity contribution < 1.29 is 42.9 Å². The maximum Gasteiger partial charge on any atom is 0.416 e. The van der Waals surface area contributed by atoms with Crippen LogP contribution in [0.15, 0.2) is 59.0 Å². The van der Waals surface area contributed by atoms with Gasteiger partial charge >= 0.3 is 12.1 Å². The summed E-state index contributed by atoms with van der Waals surface area (Å²) in [6.07, 6.45) is -5.08.